The summed E-state index contributed by atoms with van der Waals surface area (Å²) in [6.07, 6.45) is 1.27. The molecule has 1 fully saturated rings. The molecule has 0 saturated carbocycles. The standard InChI is InChI=1S/C12H22N4O2/c1-4-9-10(13)11(16(3)15-9)14-7-12(17)5-6-18-8(12)2/h8,14,17H,4-7,13H2,1-3H3. The van der Waals surface area contributed by atoms with Crippen molar-refractivity contribution in [2.75, 3.05) is 24.2 Å². The molecule has 0 spiro atoms. The van der Waals surface area contributed by atoms with Crippen LogP contribution < -0.4 is 11.1 Å². The van der Waals surface area contributed by atoms with E-state index in [-0.39, 0.29) is 6.10 Å². The monoisotopic (exact) mass is 254 g/mol. The molecule has 0 aromatic carbocycles. The van der Waals surface area contributed by atoms with Gasteiger partial charge in [-0.05, 0) is 13.3 Å². The van der Waals surface area contributed by atoms with Crippen molar-refractivity contribution >= 4 is 11.5 Å². The molecule has 0 aliphatic carbocycles. The van der Waals surface area contributed by atoms with Gasteiger partial charge in [-0.3, -0.25) is 4.68 Å². The third-order valence-corrected chi connectivity index (χ3v) is 3.72. The maximum atomic E-state index is 10.4. The van der Waals surface area contributed by atoms with Crippen LogP contribution in [0.25, 0.3) is 0 Å². The van der Waals surface area contributed by atoms with Crippen LogP contribution in [-0.4, -0.2) is 39.7 Å². The highest BCUT2D eigenvalue weighted by Crippen LogP contribution is 2.28. The van der Waals surface area contributed by atoms with Crippen LogP contribution in [0.2, 0.25) is 0 Å². The molecule has 102 valence electrons. The van der Waals surface area contributed by atoms with Crippen molar-refractivity contribution in [3.8, 4) is 0 Å². The van der Waals surface area contributed by atoms with E-state index in [9.17, 15) is 5.11 Å². The Balaban J connectivity index is 2.08. The van der Waals surface area contributed by atoms with Crippen LogP contribution in [0.1, 0.15) is 26.0 Å². The van der Waals surface area contributed by atoms with Gasteiger partial charge in [0, 0.05) is 26.6 Å². The summed E-state index contributed by atoms with van der Waals surface area (Å²) in [5.74, 6) is 0.763. The van der Waals surface area contributed by atoms with Gasteiger partial charge in [-0.15, -0.1) is 0 Å². The molecule has 0 bridgehead atoms. The predicted octanol–water partition coefficient (Wildman–Crippen LogP) is 0.516. The Morgan fingerprint density at radius 1 is 1.67 bits per heavy atom. The lowest BCUT2D eigenvalue weighted by Gasteiger charge is -2.26. The van der Waals surface area contributed by atoms with Crippen LogP contribution in [-0.2, 0) is 18.2 Å². The van der Waals surface area contributed by atoms with E-state index in [1.807, 2.05) is 20.9 Å². The minimum Gasteiger partial charge on any atom is -0.394 e. The molecule has 1 aromatic heterocycles. The minimum atomic E-state index is -0.830. The molecule has 2 atom stereocenters. The van der Waals surface area contributed by atoms with Crippen molar-refractivity contribution < 1.29 is 9.84 Å². The SMILES string of the molecule is CCc1nn(C)c(NCC2(O)CCOC2C)c1N. The minimum absolute atomic E-state index is 0.162. The van der Waals surface area contributed by atoms with Gasteiger partial charge in [0.25, 0.3) is 0 Å². The van der Waals surface area contributed by atoms with Gasteiger partial charge in [-0.2, -0.15) is 5.10 Å². The summed E-state index contributed by atoms with van der Waals surface area (Å²) in [6.45, 7) is 4.92. The van der Waals surface area contributed by atoms with Gasteiger partial charge in [0.2, 0.25) is 0 Å². The number of aliphatic hydroxyl groups is 1. The molecule has 6 nitrogen and oxygen atoms in total. The van der Waals surface area contributed by atoms with Gasteiger partial charge < -0.3 is 20.9 Å². The van der Waals surface area contributed by atoms with Crippen molar-refractivity contribution in [3.63, 3.8) is 0 Å². The lowest BCUT2D eigenvalue weighted by Crippen LogP contribution is -2.43. The summed E-state index contributed by atoms with van der Waals surface area (Å²) in [4.78, 5) is 0. The van der Waals surface area contributed by atoms with Crippen LogP contribution in [0.3, 0.4) is 0 Å². The highest BCUT2D eigenvalue weighted by atomic mass is 16.5. The first kappa shape index (κ1) is 13.2. The molecule has 6 heteroatoms. The normalized spacial score (nSPS) is 27.7. The molecule has 1 saturated heterocycles. The first-order valence-electron chi connectivity index (χ1n) is 6.37. The molecule has 4 N–H and O–H groups in total. The predicted molar refractivity (Wildman–Crippen MR) is 70.5 cm³/mol. The number of nitrogens with two attached hydrogens (primary N) is 1. The van der Waals surface area contributed by atoms with Gasteiger partial charge in [0.15, 0.2) is 0 Å². The number of ether oxygens (including phenoxy) is 1. The largest absolute Gasteiger partial charge is 0.394 e. The Morgan fingerprint density at radius 3 is 2.89 bits per heavy atom. The van der Waals surface area contributed by atoms with Crippen molar-refractivity contribution in [3.05, 3.63) is 5.69 Å². The van der Waals surface area contributed by atoms with Crippen LogP contribution in [0.15, 0.2) is 0 Å². The third-order valence-electron chi connectivity index (χ3n) is 3.72. The first-order valence-corrected chi connectivity index (χ1v) is 6.37. The van der Waals surface area contributed by atoms with E-state index < -0.39 is 5.60 Å². The number of aromatic nitrogens is 2. The summed E-state index contributed by atoms with van der Waals surface area (Å²) in [6, 6.07) is 0. The van der Waals surface area contributed by atoms with E-state index in [0.29, 0.717) is 25.3 Å². The number of nitrogens with one attached hydrogen (secondary N) is 1. The molecule has 1 aliphatic rings. The zero-order valence-electron chi connectivity index (χ0n) is 11.2. The molecular weight excluding hydrogens is 232 g/mol. The van der Waals surface area contributed by atoms with Crippen molar-refractivity contribution in [2.24, 2.45) is 7.05 Å². The van der Waals surface area contributed by atoms with E-state index in [4.69, 9.17) is 10.5 Å². The molecule has 0 amide bonds. The number of hydrogen-bond acceptors (Lipinski definition) is 5. The average Bonchev–Trinajstić information content (AvgIpc) is 2.79. The smallest absolute Gasteiger partial charge is 0.147 e. The quantitative estimate of drug-likeness (QED) is 0.729. The molecule has 1 aromatic rings. The average molecular weight is 254 g/mol. The van der Waals surface area contributed by atoms with Crippen molar-refractivity contribution in [1.82, 2.24) is 9.78 Å². The Hall–Kier alpha value is -1.27. The first-order chi connectivity index (χ1) is 8.48. The Kier molecular flexibility index (Phi) is 3.49. The number of aryl methyl sites for hydroxylation is 2. The molecule has 1 aliphatic heterocycles. The summed E-state index contributed by atoms with van der Waals surface area (Å²) < 4.78 is 7.12. The highest BCUT2D eigenvalue weighted by molar-refractivity contribution is 5.65. The molecule has 0 radical (unpaired) electrons. The number of nitrogens with zero attached hydrogens (tertiary/aromatic N) is 2. The summed E-state index contributed by atoms with van der Waals surface area (Å²) >= 11 is 0. The number of rotatable bonds is 4. The van der Waals surface area contributed by atoms with E-state index >= 15 is 0 Å². The lowest BCUT2D eigenvalue weighted by atomic mass is 9.97. The molecule has 18 heavy (non-hydrogen) atoms. The fourth-order valence-electron chi connectivity index (χ4n) is 2.31. The third kappa shape index (κ3) is 2.18. The molecule has 2 unspecified atom stereocenters. The summed E-state index contributed by atoms with van der Waals surface area (Å²) in [5.41, 5.74) is 6.73. The van der Waals surface area contributed by atoms with E-state index in [0.717, 1.165) is 17.9 Å². The zero-order chi connectivity index (χ0) is 13.3. The van der Waals surface area contributed by atoms with Crippen molar-refractivity contribution in [1.29, 1.82) is 0 Å². The van der Waals surface area contributed by atoms with Crippen LogP contribution in [0.5, 0.6) is 0 Å². The Bertz CT molecular complexity index is 432. The van der Waals surface area contributed by atoms with Crippen LogP contribution in [0, 0.1) is 0 Å². The summed E-state index contributed by atoms with van der Waals surface area (Å²) in [7, 11) is 1.84. The highest BCUT2D eigenvalue weighted by Gasteiger charge is 2.39. The Labute approximate surface area is 107 Å². The second-order valence-corrected chi connectivity index (χ2v) is 4.91. The molecule has 2 heterocycles. The lowest BCUT2D eigenvalue weighted by molar-refractivity contribution is -0.0176. The topological polar surface area (TPSA) is 85.3 Å². The zero-order valence-corrected chi connectivity index (χ0v) is 11.2. The number of anilines is 2. The second kappa shape index (κ2) is 4.78. The van der Waals surface area contributed by atoms with Crippen LogP contribution >= 0.6 is 0 Å². The van der Waals surface area contributed by atoms with E-state index in [1.54, 1.807) is 4.68 Å². The fourth-order valence-corrected chi connectivity index (χ4v) is 2.31. The number of nitrogen functional groups attached to an aromatic ring is 1. The van der Waals surface area contributed by atoms with Crippen molar-refractivity contribution in [2.45, 2.75) is 38.4 Å². The molecule has 2 rings (SSSR count). The van der Waals surface area contributed by atoms with Gasteiger partial charge in [-0.25, -0.2) is 0 Å². The molecular formula is C12H22N4O2. The van der Waals surface area contributed by atoms with E-state index in [1.165, 1.54) is 0 Å². The Morgan fingerprint density at radius 2 is 2.39 bits per heavy atom. The summed E-state index contributed by atoms with van der Waals surface area (Å²) in [5, 5.41) is 17.9. The maximum Gasteiger partial charge on any atom is 0.147 e. The van der Waals surface area contributed by atoms with Gasteiger partial charge in [-0.1, -0.05) is 6.92 Å². The van der Waals surface area contributed by atoms with Gasteiger partial charge in [0.1, 0.15) is 11.4 Å². The fraction of sp³-hybridized carbons (Fsp3) is 0.750. The van der Waals surface area contributed by atoms with Gasteiger partial charge in [0.05, 0.1) is 17.5 Å². The van der Waals surface area contributed by atoms with E-state index in [2.05, 4.69) is 10.4 Å². The van der Waals surface area contributed by atoms with Crippen LogP contribution in [0.4, 0.5) is 11.5 Å². The maximum absolute atomic E-state index is 10.4. The number of hydrogen-bond donors (Lipinski definition) is 3. The van der Waals surface area contributed by atoms with Gasteiger partial charge >= 0.3 is 0 Å². The second-order valence-electron chi connectivity index (χ2n) is 4.91.